The van der Waals surface area contributed by atoms with E-state index >= 15 is 0 Å². The Hall–Kier alpha value is -1.88. The summed E-state index contributed by atoms with van der Waals surface area (Å²) in [5.74, 6) is 0.341. The number of nitrogens with two attached hydrogens (primary N) is 1. The van der Waals surface area contributed by atoms with Crippen LogP contribution in [-0.2, 0) is 0 Å². The summed E-state index contributed by atoms with van der Waals surface area (Å²) in [5, 5.41) is 0. The molecule has 4 nitrogen and oxygen atoms in total. The zero-order valence-electron chi connectivity index (χ0n) is 11.5. The number of primary amides is 1. The van der Waals surface area contributed by atoms with Crippen molar-refractivity contribution < 1.29 is 9.53 Å². The zero-order valence-corrected chi connectivity index (χ0v) is 13.1. The number of rotatable bonds is 3. The van der Waals surface area contributed by atoms with Gasteiger partial charge in [-0.1, -0.05) is 22.0 Å². The van der Waals surface area contributed by atoms with Crippen molar-refractivity contribution in [2.45, 2.75) is 20.8 Å². The van der Waals surface area contributed by atoms with Crippen molar-refractivity contribution in [3.63, 3.8) is 0 Å². The molecular formula is C15H15BrN2O2. The molecule has 2 N–H and O–H groups in total. The molecule has 1 aromatic carbocycles. The first-order chi connectivity index (χ1) is 9.38. The second kappa shape index (κ2) is 5.63. The number of benzene rings is 1. The predicted octanol–water partition coefficient (Wildman–Crippen LogP) is 3.66. The maximum atomic E-state index is 11.6. The highest BCUT2D eigenvalue weighted by atomic mass is 79.9. The third kappa shape index (κ3) is 2.99. The van der Waals surface area contributed by atoms with Crippen molar-refractivity contribution >= 4 is 21.8 Å². The highest BCUT2D eigenvalue weighted by molar-refractivity contribution is 9.10. The number of carbonyl (C=O) groups excluding carboxylic acids is 1. The Morgan fingerprint density at radius 1 is 1.20 bits per heavy atom. The van der Waals surface area contributed by atoms with Crippen LogP contribution in [0.25, 0.3) is 0 Å². The lowest BCUT2D eigenvalue weighted by atomic mass is 10.1. The van der Waals surface area contributed by atoms with E-state index in [1.54, 1.807) is 6.07 Å². The van der Waals surface area contributed by atoms with Gasteiger partial charge in [0.05, 0.1) is 0 Å². The number of aromatic nitrogens is 1. The number of amides is 1. The second-order valence-electron chi connectivity index (χ2n) is 4.64. The van der Waals surface area contributed by atoms with Crippen LogP contribution in [0.3, 0.4) is 0 Å². The van der Waals surface area contributed by atoms with E-state index in [4.69, 9.17) is 10.5 Å². The molecule has 0 atom stereocenters. The van der Waals surface area contributed by atoms with Crippen LogP contribution in [0, 0.1) is 20.8 Å². The first-order valence-electron chi connectivity index (χ1n) is 6.10. The summed E-state index contributed by atoms with van der Waals surface area (Å²) in [7, 11) is 0. The summed E-state index contributed by atoms with van der Waals surface area (Å²) >= 11 is 3.39. The van der Waals surface area contributed by atoms with Crippen molar-refractivity contribution in [1.29, 1.82) is 0 Å². The van der Waals surface area contributed by atoms with Gasteiger partial charge in [-0.25, -0.2) is 4.98 Å². The molecule has 2 rings (SSSR count). The maximum absolute atomic E-state index is 11.6. The summed E-state index contributed by atoms with van der Waals surface area (Å²) in [4.78, 5) is 15.9. The average molecular weight is 335 g/mol. The zero-order chi connectivity index (χ0) is 14.9. The van der Waals surface area contributed by atoms with Gasteiger partial charge in [0.1, 0.15) is 11.3 Å². The molecule has 0 unspecified atom stereocenters. The van der Waals surface area contributed by atoms with E-state index in [0.29, 0.717) is 11.3 Å². The Bertz CT molecular complexity index is 684. The fourth-order valence-electron chi connectivity index (χ4n) is 1.96. The molecule has 1 aromatic heterocycles. The summed E-state index contributed by atoms with van der Waals surface area (Å²) in [6.45, 7) is 5.59. The molecule has 0 saturated heterocycles. The second-order valence-corrected chi connectivity index (χ2v) is 5.55. The van der Waals surface area contributed by atoms with Gasteiger partial charge < -0.3 is 10.5 Å². The molecule has 2 aromatic rings. The van der Waals surface area contributed by atoms with Crippen molar-refractivity contribution in [2.24, 2.45) is 5.73 Å². The molecule has 0 aliphatic carbocycles. The van der Waals surface area contributed by atoms with Gasteiger partial charge in [-0.15, -0.1) is 0 Å². The summed E-state index contributed by atoms with van der Waals surface area (Å²) in [6, 6.07) is 7.48. The maximum Gasteiger partial charge on any atom is 0.254 e. The van der Waals surface area contributed by atoms with Gasteiger partial charge >= 0.3 is 0 Å². The van der Waals surface area contributed by atoms with E-state index in [0.717, 1.165) is 21.3 Å². The molecule has 20 heavy (non-hydrogen) atoms. The largest absolute Gasteiger partial charge is 0.438 e. The number of ether oxygens (including phenoxy) is 1. The number of aryl methyl sites for hydroxylation is 3. The number of nitrogens with zero attached hydrogens (tertiary/aromatic N) is 1. The number of carbonyl (C=O) groups is 1. The topological polar surface area (TPSA) is 65.2 Å². The summed E-state index contributed by atoms with van der Waals surface area (Å²) in [5.41, 5.74) is 8.21. The third-order valence-corrected chi connectivity index (χ3v) is 3.41. The van der Waals surface area contributed by atoms with Crippen LogP contribution >= 0.6 is 15.9 Å². The Labute approximate surface area is 126 Å². The van der Waals surface area contributed by atoms with E-state index in [1.807, 2.05) is 39.0 Å². The van der Waals surface area contributed by atoms with Crippen LogP contribution in [-0.4, -0.2) is 10.9 Å². The Morgan fingerprint density at radius 2 is 1.90 bits per heavy atom. The third-order valence-electron chi connectivity index (χ3n) is 2.91. The number of pyridine rings is 1. The monoisotopic (exact) mass is 334 g/mol. The van der Waals surface area contributed by atoms with Crippen molar-refractivity contribution in [3.8, 4) is 11.6 Å². The molecular weight excluding hydrogens is 320 g/mol. The van der Waals surface area contributed by atoms with Gasteiger partial charge in [-0.3, -0.25) is 4.79 Å². The van der Waals surface area contributed by atoms with Crippen LogP contribution in [0.2, 0.25) is 0 Å². The van der Waals surface area contributed by atoms with Gasteiger partial charge in [0.25, 0.3) is 5.91 Å². The normalized spacial score (nSPS) is 10.4. The molecule has 0 spiro atoms. The number of hydrogen-bond acceptors (Lipinski definition) is 3. The SMILES string of the molecule is Cc1cc(C)c(C(N)=O)c(Oc2cc(Br)ccc2C)n1. The lowest BCUT2D eigenvalue weighted by Crippen LogP contribution is -2.15. The van der Waals surface area contributed by atoms with E-state index in [2.05, 4.69) is 20.9 Å². The molecule has 104 valence electrons. The molecule has 5 heteroatoms. The average Bonchev–Trinajstić information content (AvgIpc) is 2.32. The lowest BCUT2D eigenvalue weighted by Gasteiger charge is -2.13. The number of hydrogen-bond donors (Lipinski definition) is 1. The fourth-order valence-corrected chi connectivity index (χ4v) is 2.30. The van der Waals surface area contributed by atoms with E-state index in [-0.39, 0.29) is 5.88 Å². The molecule has 0 aliphatic rings. The van der Waals surface area contributed by atoms with Crippen molar-refractivity contribution in [3.05, 3.63) is 51.1 Å². The van der Waals surface area contributed by atoms with Gasteiger partial charge in [0, 0.05) is 10.2 Å². The quantitative estimate of drug-likeness (QED) is 0.931. The van der Waals surface area contributed by atoms with Crippen LogP contribution in [0.15, 0.2) is 28.7 Å². The number of halogens is 1. The Balaban J connectivity index is 2.53. The highest BCUT2D eigenvalue weighted by Gasteiger charge is 2.17. The van der Waals surface area contributed by atoms with Gasteiger partial charge in [0.2, 0.25) is 5.88 Å². The highest BCUT2D eigenvalue weighted by Crippen LogP contribution is 2.30. The molecule has 0 radical (unpaired) electrons. The minimum Gasteiger partial charge on any atom is -0.438 e. The van der Waals surface area contributed by atoms with Crippen LogP contribution in [0.4, 0.5) is 0 Å². The smallest absolute Gasteiger partial charge is 0.254 e. The summed E-state index contributed by atoms with van der Waals surface area (Å²) < 4.78 is 6.69. The molecule has 0 fully saturated rings. The predicted molar refractivity (Wildman–Crippen MR) is 81.2 cm³/mol. The van der Waals surface area contributed by atoms with Gasteiger partial charge in [0.15, 0.2) is 0 Å². The molecule has 0 aliphatic heterocycles. The van der Waals surface area contributed by atoms with E-state index in [1.165, 1.54) is 0 Å². The molecule has 0 saturated carbocycles. The first kappa shape index (κ1) is 14.5. The fraction of sp³-hybridized carbons (Fsp3) is 0.200. The van der Waals surface area contributed by atoms with E-state index < -0.39 is 5.91 Å². The molecule has 0 bridgehead atoms. The first-order valence-corrected chi connectivity index (χ1v) is 6.90. The minimum atomic E-state index is -0.544. The lowest BCUT2D eigenvalue weighted by molar-refractivity contribution is 0.0997. The van der Waals surface area contributed by atoms with E-state index in [9.17, 15) is 4.79 Å². The molecule has 1 heterocycles. The Kier molecular flexibility index (Phi) is 4.09. The summed E-state index contributed by atoms with van der Waals surface area (Å²) in [6.07, 6.45) is 0. The minimum absolute atomic E-state index is 0.246. The van der Waals surface area contributed by atoms with Crippen molar-refractivity contribution in [2.75, 3.05) is 0 Å². The molecule has 1 amide bonds. The van der Waals surface area contributed by atoms with Crippen molar-refractivity contribution in [1.82, 2.24) is 4.98 Å². The standard InChI is InChI=1S/C15H15BrN2O2/c1-8-4-5-11(16)7-12(8)20-15-13(14(17)19)9(2)6-10(3)18-15/h4-7H,1-3H3,(H2,17,19). The van der Waals surface area contributed by atoms with Gasteiger partial charge in [-0.2, -0.15) is 0 Å². The van der Waals surface area contributed by atoms with Crippen LogP contribution < -0.4 is 10.5 Å². The van der Waals surface area contributed by atoms with Crippen LogP contribution in [0.1, 0.15) is 27.2 Å². The Morgan fingerprint density at radius 3 is 2.55 bits per heavy atom. The van der Waals surface area contributed by atoms with Crippen LogP contribution in [0.5, 0.6) is 11.6 Å². The van der Waals surface area contributed by atoms with Gasteiger partial charge in [-0.05, 0) is 50.1 Å².